The first-order valence-corrected chi connectivity index (χ1v) is 6.73. The van der Waals surface area contributed by atoms with Crippen molar-refractivity contribution in [1.29, 1.82) is 0 Å². The number of benzene rings is 2. The van der Waals surface area contributed by atoms with Gasteiger partial charge < -0.3 is 10.3 Å². The Morgan fingerprint density at radius 3 is 2.90 bits per heavy atom. The van der Waals surface area contributed by atoms with Crippen LogP contribution in [0.4, 0.5) is 5.69 Å². The molecule has 100 valence electrons. The van der Waals surface area contributed by atoms with Gasteiger partial charge in [-0.1, -0.05) is 25.1 Å². The third kappa shape index (κ3) is 2.43. The minimum atomic E-state index is -0.0882. The molecule has 3 rings (SSSR count). The van der Waals surface area contributed by atoms with E-state index in [9.17, 15) is 4.79 Å². The number of fused-ring (bicyclic) bond motifs is 1. The van der Waals surface area contributed by atoms with Gasteiger partial charge in [0.25, 0.3) is 5.91 Å². The normalized spacial score (nSPS) is 10.7. The third-order valence-corrected chi connectivity index (χ3v) is 3.41. The predicted molar refractivity (Wildman–Crippen MR) is 82.1 cm³/mol. The molecule has 3 heteroatoms. The molecule has 0 bridgehead atoms. The Kier molecular flexibility index (Phi) is 3.25. The first-order valence-electron chi connectivity index (χ1n) is 6.73. The number of carbonyl (C=O) groups excluding carboxylic acids is 1. The number of rotatable bonds is 3. The monoisotopic (exact) mass is 264 g/mol. The smallest absolute Gasteiger partial charge is 0.255 e. The van der Waals surface area contributed by atoms with Gasteiger partial charge >= 0.3 is 0 Å². The van der Waals surface area contributed by atoms with Crippen LogP contribution in [0.3, 0.4) is 0 Å². The molecule has 0 spiro atoms. The molecule has 0 unspecified atom stereocenters. The average Bonchev–Trinajstić information content (AvgIpc) is 2.94. The van der Waals surface area contributed by atoms with Crippen molar-refractivity contribution in [2.24, 2.45) is 0 Å². The molecule has 3 aromatic rings. The zero-order chi connectivity index (χ0) is 13.9. The van der Waals surface area contributed by atoms with Crippen LogP contribution in [0.1, 0.15) is 22.8 Å². The minimum absolute atomic E-state index is 0.0882. The number of aromatic nitrogens is 1. The van der Waals surface area contributed by atoms with Gasteiger partial charge in [0, 0.05) is 23.0 Å². The fourth-order valence-corrected chi connectivity index (χ4v) is 2.26. The van der Waals surface area contributed by atoms with Crippen LogP contribution in [0.25, 0.3) is 10.9 Å². The highest BCUT2D eigenvalue weighted by atomic mass is 16.1. The number of hydrogen-bond donors (Lipinski definition) is 2. The summed E-state index contributed by atoms with van der Waals surface area (Å²) >= 11 is 0. The first kappa shape index (κ1) is 12.5. The van der Waals surface area contributed by atoms with Crippen LogP contribution >= 0.6 is 0 Å². The molecular formula is C17H16N2O. The lowest BCUT2D eigenvalue weighted by Crippen LogP contribution is -2.11. The minimum Gasteiger partial charge on any atom is -0.361 e. The SMILES string of the molecule is CCc1cccc(NC(=O)c2ccc3cc[nH]c3c2)c1. The second-order valence-corrected chi connectivity index (χ2v) is 4.79. The van der Waals surface area contributed by atoms with Gasteiger partial charge in [-0.2, -0.15) is 0 Å². The van der Waals surface area contributed by atoms with Crippen LogP contribution in [-0.4, -0.2) is 10.9 Å². The van der Waals surface area contributed by atoms with E-state index >= 15 is 0 Å². The summed E-state index contributed by atoms with van der Waals surface area (Å²) in [7, 11) is 0. The number of nitrogens with one attached hydrogen (secondary N) is 2. The van der Waals surface area contributed by atoms with Crippen LogP contribution in [0.2, 0.25) is 0 Å². The summed E-state index contributed by atoms with van der Waals surface area (Å²) in [5.74, 6) is -0.0882. The van der Waals surface area contributed by atoms with E-state index < -0.39 is 0 Å². The Hall–Kier alpha value is -2.55. The maximum atomic E-state index is 12.3. The predicted octanol–water partition coefficient (Wildman–Crippen LogP) is 3.98. The number of anilines is 1. The van der Waals surface area contributed by atoms with Crippen LogP contribution in [0.5, 0.6) is 0 Å². The van der Waals surface area contributed by atoms with Crippen molar-refractivity contribution >= 4 is 22.5 Å². The number of H-pyrrole nitrogens is 1. The Labute approximate surface area is 117 Å². The van der Waals surface area contributed by atoms with E-state index in [1.54, 1.807) is 0 Å². The lowest BCUT2D eigenvalue weighted by atomic mass is 10.1. The molecule has 0 fully saturated rings. The van der Waals surface area contributed by atoms with E-state index in [1.165, 1.54) is 5.56 Å². The number of aromatic amines is 1. The number of hydrogen-bond acceptors (Lipinski definition) is 1. The topological polar surface area (TPSA) is 44.9 Å². The molecule has 0 radical (unpaired) electrons. The molecule has 2 N–H and O–H groups in total. The molecule has 0 saturated heterocycles. The Morgan fingerprint density at radius 1 is 1.15 bits per heavy atom. The molecule has 0 atom stereocenters. The van der Waals surface area contributed by atoms with Gasteiger partial charge in [-0.25, -0.2) is 0 Å². The third-order valence-electron chi connectivity index (χ3n) is 3.41. The van der Waals surface area contributed by atoms with Gasteiger partial charge in [0.2, 0.25) is 0 Å². The molecule has 0 aliphatic carbocycles. The standard InChI is InChI=1S/C17H16N2O/c1-2-12-4-3-5-15(10-12)19-17(20)14-7-6-13-8-9-18-16(13)11-14/h3-11,18H,2H2,1H3,(H,19,20). The van der Waals surface area contributed by atoms with Crippen molar-refractivity contribution in [1.82, 2.24) is 4.98 Å². The van der Waals surface area contributed by atoms with Gasteiger partial charge in [-0.05, 0) is 47.7 Å². The van der Waals surface area contributed by atoms with E-state index in [2.05, 4.69) is 23.3 Å². The van der Waals surface area contributed by atoms with Crippen LogP contribution < -0.4 is 5.32 Å². The highest BCUT2D eigenvalue weighted by Gasteiger charge is 2.07. The maximum Gasteiger partial charge on any atom is 0.255 e. The van der Waals surface area contributed by atoms with Crippen LogP contribution in [-0.2, 0) is 6.42 Å². The Bertz CT molecular complexity index is 758. The fraction of sp³-hybridized carbons (Fsp3) is 0.118. The van der Waals surface area contributed by atoms with Gasteiger partial charge in [-0.15, -0.1) is 0 Å². The Balaban J connectivity index is 1.84. The number of aryl methyl sites for hydroxylation is 1. The summed E-state index contributed by atoms with van der Waals surface area (Å²) in [5.41, 5.74) is 3.67. The molecule has 0 aliphatic heterocycles. The first-order chi connectivity index (χ1) is 9.76. The molecule has 0 aliphatic rings. The summed E-state index contributed by atoms with van der Waals surface area (Å²) in [6.07, 6.45) is 2.83. The summed E-state index contributed by atoms with van der Waals surface area (Å²) in [6.45, 7) is 2.10. The van der Waals surface area contributed by atoms with E-state index in [4.69, 9.17) is 0 Å². The second-order valence-electron chi connectivity index (χ2n) is 4.79. The van der Waals surface area contributed by atoms with Gasteiger partial charge in [0.1, 0.15) is 0 Å². The second kappa shape index (κ2) is 5.21. The van der Waals surface area contributed by atoms with E-state index in [-0.39, 0.29) is 5.91 Å². The van der Waals surface area contributed by atoms with E-state index in [1.807, 2.05) is 48.7 Å². The number of amides is 1. The van der Waals surface area contributed by atoms with Crippen molar-refractivity contribution in [3.05, 3.63) is 65.9 Å². The average molecular weight is 264 g/mol. The lowest BCUT2D eigenvalue weighted by molar-refractivity contribution is 0.102. The highest BCUT2D eigenvalue weighted by molar-refractivity contribution is 6.06. The van der Waals surface area contributed by atoms with Crippen LogP contribution in [0, 0.1) is 0 Å². The molecule has 1 aromatic heterocycles. The van der Waals surface area contributed by atoms with Crippen molar-refractivity contribution in [2.75, 3.05) is 5.32 Å². The van der Waals surface area contributed by atoms with Crippen LogP contribution in [0.15, 0.2) is 54.7 Å². The van der Waals surface area contributed by atoms with Crippen molar-refractivity contribution in [3.8, 4) is 0 Å². The van der Waals surface area contributed by atoms with Gasteiger partial charge in [0.05, 0.1) is 0 Å². The molecule has 3 nitrogen and oxygen atoms in total. The van der Waals surface area contributed by atoms with E-state index in [0.29, 0.717) is 5.56 Å². The lowest BCUT2D eigenvalue weighted by Gasteiger charge is -2.07. The molecule has 0 saturated carbocycles. The van der Waals surface area contributed by atoms with Gasteiger partial charge in [-0.3, -0.25) is 4.79 Å². The largest absolute Gasteiger partial charge is 0.361 e. The Morgan fingerprint density at radius 2 is 2.05 bits per heavy atom. The van der Waals surface area contributed by atoms with Gasteiger partial charge in [0.15, 0.2) is 0 Å². The molecular weight excluding hydrogens is 248 g/mol. The molecule has 20 heavy (non-hydrogen) atoms. The molecule has 1 amide bonds. The summed E-state index contributed by atoms with van der Waals surface area (Å²) in [4.78, 5) is 15.4. The zero-order valence-electron chi connectivity index (χ0n) is 11.3. The van der Waals surface area contributed by atoms with Crippen molar-refractivity contribution in [3.63, 3.8) is 0 Å². The summed E-state index contributed by atoms with van der Waals surface area (Å²) in [6, 6.07) is 15.6. The molecule has 1 heterocycles. The quantitative estimate of drug-likeness (QED) is 0.738. The maximum absolute atomic E-state index is 12.3. The zero-order valence-corrected chi connectivity index (χ0v) is 11.3. The molecule has 2 aromatic carbocycles. The number of carbonyl (C=O) groups is 1. The van der Waals surface area contributed by atoms with E-state index in [0.717, 1.165) is 23.0 Å². The summed E-state index contributed by atoms with van der Waals surface area (Å²) < 4.78 is 0. The fourth-order valence-electron chi connectivity index (χ4n) is 2.26. The van der Waals surface area contributed by atoms with Crippen molar-refractivity contribution in [2.45, 2.75) is 13.3 Å². The highest BCUT2D eigenvalue weighted by Crippen LogP contribution is 2.16. The summed E-state index contributed by atoms with van der Waals surface area (Å²) in [5, 5.41) is 4.04. The van der Waals surface area contributed by atoms with Crippen molar-refractivity contribution < 1.29 is 4.79 Å².